The smallest absolute Gasteiger partial charge is 0.190 e. The molecule has 0 aliphatic carbocycles. The number of hydrogen-bond donors (Lipinski definition) is 1. The molecular formula is C17H14N4O. The molecule has 0 amide bonds. The van der Waals surface area contributed by atoms with E-state index in [4.69, 9.17) is 10.00 Å². The van der Waals surface area contributed by atoms with Gasteiger partial charge in [-0.25, -0.2) is 0 Å². The van der Waals surface area contributed by atoms with E-state index in [-0.39, 0.29) is 5.69 Å². The van der Waals surface area contributed by atoms with Crippen LogP contribution in [0.3, 0.4) is 0 Å². The summed E-state index contributed by atoms with van der Waals surface area (Å²) in [4.78, 5) is 0. The largest absolute Gasteiger partial charge is 0.489 e. The Morgan fingerprint density at radius 3 is 2.82 bits per heavy atom. The van der Waals surface area contributed by atoms with Gasteiger partial charge in [0.05, 0.1) is 0 Å². The van der Waals surface area contributed by atoms with E-state index in [1.165, 1.54) is 0 Å². The van der Waals surface area contributed by atoms with Crippen LogP contribution in [0.2, 0.25) is 0 Å². The first-order valence-electron chi connectivity index (χ1n) is 6.86. The molecule has 0 spiro atoms. The molecule has 1 heterocycles. The number of hydrogen-bond acceptors (Lipinski definition) is 4. The standard InChI is InChI=1S/C17H14N4O/c1-12-4-2-7-15(8-12)22-11-13-5-3-6-14(9-13)17-16(10-18)19-21-20-17/h2-9H,11H2,1H3,(H,19,20,21). The molecule has 1 aromatic heterocycles. The third kappa shape index (κ3) is 2.96. The van der Waals surface area contributed by atoms with E-state index < -0.39 is 0 Å². The Morgan fingerprint density at radius 1 is 1.14 bits per heavy atom. The first kappa shape index (κ1) is 13.8. The summed E-state index contributed by atoms with van der Waals surface area (Å²) in [5.74, 6) is 0.838. The number of aromatic nitrogens is 3. The molecular weight excluding hydrogens is 276 g/mol. The summed E-state index contributed by atoms with van der Waals surface area (Å²) in [6.07, 6.45) is 0. The van der Waals surface area contributed by atoms with Crippen molar-refractivity contribution in [1.82, 2.24) is 15.4 Å². The summed E-state index contributed by atoms with van der Waals surface area (Å²) < 4.78 is 5.79. The molecule has 0 aliphatic heterocycles. The van der Waals surface area contributed by atoms with Crippen LogP contribution in [-0.2, 0) is 6.61 Å². The molecule has 0 fully saturated rings. The lowest BCUT2D eigenvalue weighted by molar-refractivity contribution is 0.306. The third-order valence-corrected chi connectivity index (χ3v) is 3.25. The minimum absolute atomic E-state index is 0.289. The average Bonchev–Trinajstić information content (AvgIpc) is 3.02. The van der Waals surface area contributed by atoms with Crippen molar-refractivity contribution in [2.75, 3.05) is 0 Å². The second kappa shape index (κ2) is 6.10. The number of nitrogens with zero attached hydrogens (tertiary/aromatic N) is 3. The lowest BCUT2D eigenvalue weighted by Gasteiger charge is -2.08. The van der Waals surface area contributed by atoms with E-state index in [2.05, 4.69) is 15.4 Å². The lowest BCUT2D eigenvalue weighted by Crippen LogP contribution is -1.96. The first-order chi connectivity index (χ1) is 10.8. The topological polar surface area (TPSA) is 74.6 Å². The monoisotopic (exact) mass is 290 g/mol. The van der Waals surface area contributed by atoms with Crippen LogP contribution >= 0.6 is 0 Å². The number of nitriles is 1. The van der Waals surface area contributed by atoms with Crippen molar-refractivity contribution in [2.45, 2.75) is 13.5 Å². The fourth-order valence-electron chi connectivity index (χ4n) is 2.19. The summed E-state index contributed by atoms with van der Waals surface area (Å²) in [6.45, 7) is 2.48. The number of rotatable bonds is 4. The Labute approximate surface area is 128 Å². The number of H-pyrrole nitrogens is 1. The molecule has 0 saturated carbocycles. The number of aryl methyl sites for hydroxylation is 1. The van der Waals surface area contributed by atoms with Gasteiger partial charge in [0.15, 0.2) is 5.69 Å². The zero-order valence-corrected chi connectivity index (χ0v) is 12.1. The second-order valence-electron chi connectivity index (χ2n) is 4.94. The molecule has 0 radical (unpaired) electrons. The van der Waals surface area contributed by atoms with Gasteiger partial charge in [-0.3, -0.25) is 0 Å². The van der Waals surface area contributed by atoms with Gasteiger partial charge < -0.3 is 4.74 Å². The Kier molecular flexibility index (Phi) is 3.84. The molecule has 22 heavy (non-hydrogen) atoms. The van der Waals surface area contributed by atoms with Crippen LogP contribution in [0.1, 0.15) is 16.8 Å². The highest BCUT2D eigenvalue weighted by Crippen LogP contribution is 2.21. The van der Waals surface area contributed by atoms with Crippen molar-refractivity contribution >= 4 is 0 Å². The lowest BCUT2D eigenvalue weighted by atomic mass is 10.1. The summed E-state index contributed by atoms with van der Waals surface area (Å²) in [5, 5.41) is 19.3. The second-order valence-corrected chi connectivity index (χ2v) is 4.94. The highest BCUT2D eigenvalue weighted by Gasteiger charge is 2.10. The summed E-state index contributed by atoms with van der Waals surface area (Å²) >= 11 is 0. The average molecular weight is 290 g/mol. The van der Waals surface area contributed by atoms with Gasteiger partial charge in [-0.15, -0.1) is 5.10 Å². The van der Waals surface area contributed by atoms with E-state index in [1.54, 1.807) is 0 Å². The van der Waals surface area contributed by atoms with Crippen molar-refractivity contribution in [3.05, 3.63) is 65.4 Å². The molecule has 0 aliphatic rings. The predicted octanol–water partition coefficient (Wildman–Crippen LogP) is 3.23. The number of benzene rings is 2. The van der Waals surface area contributed by atoms with Crippen LogP contribution in [0.15, 0.2) is 48.5 Å². The maximum Gasteiger partial charge on any atom is 0.190 e. The zero-order chi connectivity index (χ0) is 15.4. The number of nitrogens with one attached hydrogen (secondary N) is 1. The van der Waals surface area contributed by atoms with E-state index in [0.717, 1.165) is 22.4 Å². The highest BCUT2D eigenvalue weighted by molar-refractivity contribution is 5.64. The quantitative estimate of drug-likeness (QED) is 0.800. The third-order valence-electron chi connectivity index (χ3n) is 3.25. The molecule has 0 atom stereocenters. The van der Waals surface area contributed by atoms with Gasteiger partial charge in [0.25, 0.3) is 0 Å². The van der Waals surface area contributed by atoms with Crippen molar-refractivity contribution in [1.29, 1.82) is 5.26 Å². The van der Waals surface area contributed by atoms with Crippen LogP contribution < -0.4 is 4.74 Å². The Morgan fingerprint density at radius 2 is 2.00 bits per heavy atom. The molecule has 3 aromatic rings. The van der Waals surface area contributed by atoms with Crippen LogP contribution in [0.4, 0.5) is 0 Å². The van der Waals surface area contributed by atoms with Gasteiger partial charge in [-0.1, -0.05) is 30.3 Å². The minimum atomic E-state index is 0.289. The van der Waals surface area contributed by atoms with Gasteiger partial charge in [-0.2, -0.15) is 15.6 Å². The van der Waals surface area contributed by atoms with Gasteiger partial charge in [-0.05, 0) is 36.2 Å². The first-order valence-corrected chi connectivity index (χ1v) is 6.86. The minimum Gasteiger partial charge on any atom is -0.489 e. The van der Waals surface area contributed by atoms with E-state index in [1.807, 2.05) is 61.5 Å². The summed E-state index contributed by atoms with van der Waals surface area (Å²) in [7, 11) is 0. The van der Waals surface area contributed by atoms with E-state index >= 15 is 0 Å². The van der Waals surface area contributed by atoms with E-state index in [9.17, 15) is 0 Å². The van der Waals surface area contributed by atoms with Crippen molar-refractivity contribution in [3.63, 3.8) is 0 Å². The van der Waals surface area contributed by atoms with E-state index in [0.29, 0.717) is 12.3 Å². The van der Waals surface area contributed by atoms with Crippen LogP contribution in [0.5, 0.6) is 5.75 Å². The van der Waals surface area contributed by atoms with Gasteiger partial charge >= 0.3 is 0 Å². The Hall–Kier alpha value is -3.13. The van der Waals surface area contributed by atoms with Crippen LogP contribution in [0, 0.1) is 18.3 Å². The molecule has 2 aromatic carbocycles. The number of aromatic amines is 1. The predicted molar refractivity (Wildman–Crippen MR) is 82.0 cm³/mol. The molecule has 5 nitrogen and oxygen atoms in total. The van der Waals surface area contributed by atoms with Crippen molar-refractivity contribution in [2.24, 2.45) is 0 Å². The van der Waals surface area contributed by atoms with Crippen molar-refractivity contribution in [3.8, 4) is 23.1 Å². The maximum atomic E-state index is 9.02. The molecule has 1 N–H and O–H groups in total. The van der Waals surface area contributed by atoms with Crippen LogP contribution in [-0.4, -0.2) is 15.4 Å². The van der Waals surface area contributed by atoms with Gasteiger partial charge in [0.1, 0.15) is 24.1 Å². The molecule has 0 saturated heterocycles. The Balaban J connectivity index is 1.79. The van der Waals surface area contributed by atoms with Crippen molar-refractivity contribution < 1.29 is 4.74 Å². The fraction of sp³-hybridized carbons (Fsp3) is 0.118. The molecule has 0 bridgehead atoms. The molecule has 3 rings (SSSR count). The molecule has 0 unspecified atom stereocenters. The highest BCUT2D eigenvalue weighted by atomic mass is 16.5. The normalized spacial score (nSPS) is 10.2. The molecule has 108 valence electrons. The van der Waals surface area contributed by atoms with Gasteiger partial charge in [0.2, 0.25) is 0 Å². The van der Waals surface area contributed by atoms with Gasteiger partial charge in [0, 0.05) is 5.56 Å². The summed E-state index contributed by atoms with van der Waals surface area (Å²) in [5.41, 5.74) is 3.85. The zero-order valence-electron chi connectivity index (χ0n) is 12.1. The number of ether oxygens (including phenoxy) is 1. The molecule has 5 heteroatoms. The Bertz CT molecular complexity index is 832. The fourth-order valence-corrected chi connectivity index (χ4v) is 2.19. The SMILES string of the molecule is Cc1cccc(OCc2cccc(-c3n[nH]nc3C#N)c2)c1. The maximum absolute atomic E-state index is 9.02. The summed E-state index contributed by atoms with van der Waals surface area (Å²) in [6, 6.07) is 17.7. The van der Waals surface area contributed by atoms with Crippen LogP contribution in [0.25, 0.3) is 11.3 Å².